The standard InChI is InChI=1S/C6H10B3N/c7-3-1-4(8)6(10)5(9)2-3/h1-2H,7-10H2. The van der Waals surface area contributed by atoms with Gasteiger partial charge in [0.1, 0.15) is 23.5 Å². The predicted molar refractivity (Wildman–Crippen MR) is 55.4 cm³/mol. The molecule has 0 radical (unpaired) electrons. The molecule has 0 aromatic heterocycles. The monoisotopic (exact) mass is 129 g/mol. The summed E-state index contributed by atoms with van der Waals surface area (Å²) in [5, 5.41) is 0. The van der Waals surface area contributed by atoms with Crippen LogP contribution < -0.4 is 22.1 Å². The molecule has 1 aromatic rings. The van der Waals surface area contributed by atoms with Gasteiger partial charge in [-0.3, -0.25) is 0 Å². The van der Waals surface area contributed by atoms with Crippen molar-refractivity contribution in [2.75, 3.05) is 5.73 Å². The number of rotatable bonds is 0. The molecular formula is C6H10B3N. The first-order valence-electron chi connectivity index (χ1n) is 3.44. The van der Waals surface area contributed by atoms with E-state index in [1.165, 1.54) is 16.4 Å². The highest BCUT2D eigenvalue weighted by Crippen LogP contribution is 1.85. The summed E-state index contributed by atoms with van der Waals surface area (Å²) in [5.41, 5.74) is 10.3. The second kappa shape index (κ2) is 2.45. The van der Waals surface area contributed by atoms with Gasteiger partial charge in [0.25, 0.3) is 0 Å². The minimum Gasteiger partial charge on any atom is -0.400 e. The Bertz CT molecular complexity index is 236. The van der Waals surface area contributed by atoms with E-state index in [-0.39, 0.29) is 0 Å². The van der Waals surface area contributed by atoms with E-state index in [0.717, 1.165) is 5.69 Å². The summed E-state index contributed by atoms with van der Waals surface area (Å²) in [5.74, 6) is 0. The highest BCUT2D eigenvalue weighted by Gasteiger charge is 1.96. The van der Waals surface area contributed by atoms with Gasteiger partial charge in [-0.15, -0.1) is 0 Å². The second-order valence-electron chi connectivity index (χ2n) is 2.81. The van der Waals surface area contributed by atoms with Crippen LogP contribution in [0.2, 0.25) is 0 Å². The molecule has 0 amide bonds. The molecule has 1 rings (SSSR count). The zero-order valence-corrected chi connectivity index (χ0v) is 6.73. The topological polar surface area (TPSA) is 26.0 Å². The Morgan fingerprint density at radius 3 is 1.80 bits per heavy atom. The summed E-state index contributed by atoms with van der Waals surface area (Å²) in [6, 6.07) is 4.20. The Hall–Kier alpha value is -0.785. The average Bonchev–Trinajstić information content (AvgIpc) is 1.82. The number of nitrogens with two attached hydrogens (primary N) is 1. The van der Waals surface area contributed by atoms with Crippen LogP contribution in [-0.2, 0) is 0 Å². The van der Waals surface area contributed by atoms with Gasteiger partial charge >= 0.3 is 0 Å². The molecule has 10 heavy (non-hydrogen) atoms. The van der Waals surface area contributed by atoms with Gasteiger partial charge in [0, 0.05) is 5.69 Å². The number of hydrogen-bond acceptors (Lipinski definition) is 1. The highest BCUT2D eigenvalue weighted by atomic mass is 14.6. The van der Waals surface area contributed by atoms with E-state index in [0.29, 0.717) is 0 Å². The fraction of sp³-hybridized carbons (Fsp3) is 0. The lowest BCUT2D eigenvalue weighted by molar-refractivity contribution is 1.85. The van der Waals surface area contributed by atoms with E-state index in [1.54, 1.807) is 0 Å². The van der Waals surface area contributed by atoms with E-state index >= 15 is 0 Å². The normalized spacial score (nSPS) is 9.60. The largest absolute Gasteiger partial charge is 0.400 e. The number of nitrogen functional groups attached to an aromatic ring is 1. The van der Waals surface area contributed by atoms with Crippen LogP contribution in [0.4, 0.5) is 5.69 Å². The molecule has 4 heteroatoms. The van der Waals surface area contributed by atoms with E-state index in [4.69, 9.17) is 5.73 Å². The molecule has 1 aromatic carbocycles. The third kappa shape index (κ3) is 1.20. The molecule has 0 saturated carbocycles. The van der Waals surface area contributed by atoms with Crippen LogP contribution in [0.25, 0.3) is 0 Å². The first-order valence-corrected chi connectivity index (χ1v) is 3.44. The maximum absolute atomic E-state index is 5.75. The van der Waals surface area contributed by atoms with Crippen molar-refractivity contribution >= 4 is 45.6 Å². The number of benzene rings is 1. The molecule has 0 atom stereocenters. The summed E-state index contributed by atoms with van der Waals surface area (Å²) in [7, 11) is 6.16. The average molecular weight is 129 g/mol. The van der Waals surface area contributed by atoms with E-state index in [1.807, 2.05) is 15.7 Å². The fourth-order valence-electron chi connectivity index (χ4n) is 1.19. The summed E-state index contributed by atoms with van der Waals surface area (Å²) in [6.07, 6.45) is 0. The van der Waals surface area contributed by atoms with Crippen LogP contribution in [0.5, 0.6) is 0 Å². The Kier molecular flexibility index (Phi) is 1.79. The molecule has 0 fully saturated rings. The van der Waals surface area contributed by atoms with Crippen molar-refractivity contribution in [3.8, 4) is 0 Å². The molecule has 2 N–H and O–H groups in total. The quantitative estimate of drug-likeness (QED) is 0.280. The first kappa shape index (κ1) is 7.32. The minimum absolute atomic E-state index is 0.922. The Morgan fingerprint density at radius 2 is 1.40 bits per heavy atom. The van der Waals surface area contributed by atoms with Crippen LogP contribution in [0.15, 0.2) is 12.1 Å². The Morgan fingerprint density at radius 1 is 1.00 bits per heavy atom. The molecule has 0 heterocycles. The van der Waals surface area contributed by atoms with Gasteiger partial charge in [0.2, 0.25) is 0 Å². The van der Waals surface area contributed by atoms with E-state index in [9.17, 15) is 0 Å². The number of anilines is 1. The zero-order chi connectivity index (χ0) is 7.72. The maximum atomic E-state index is 5.75. The Balaban J connectivity index is 3.31. The predicted octanol–water partition coefficient (Wildman–Crippen LogP) is -3.96. The van der Waals surface area contributed by atoms with Crippen molar-refractivity contribution in [1.29, 1.82) is 0 Å². The maximum Gasteiger partial charge on any atom is 0.141 e. The molecule has 0 aliphatic heterocycles. The lowest BCUT2D eigenvalue weighted by atomic mass is 9.79. The Labute approximate surface area is 64.2 Å². The van der Waals surface area contributed by atoms with Gasteiger partial charge in [-0.2, -0.15) is 0 Å². The third-order valence-corrected chi connectivity index (χ3v) is 1.74. The summed E-state index contributed by atoms with van der Waals surface area (Å²) >= 11 is 0. The number of hydrogen-bond donors (Lipinski definition) is 1. The molecule has 0 spiro atoms. The van der Waals surface area contributed by atoms with Crippen molar-refractivity contribution in [3.05, 3.63) is 12.1 Å². The third-order valence-electron chi connectivity index (χ3n) is 1.74. The summed E-state index contributed by atoms with van der Waals surface area (Å²) < 4.78 is 0. The SMILES string of the molecule is Bc1cc(B)c(N)c(B)c1. The molecule has 0 aliphatic rings. The van der Waals surface area contributed by atoms with Gasteiger partial charge in [-0.25, -0.2) is 0 Å². The highest BCUT2D eigenvalue weighted by molar-refractivity contribution is 6.47. The smallest absolute Gasteiger partial charge is 0.141 e. The summed E-state index contributed by atoms with van der Waals surface area (Å²) in [4.78, 5) is 0. The lowest BCUT2D eigenvalue weighted by Crippen LogP contribution is -2.27. The fourth-order valence-corrected chi connectivity index (χ4v) is 1.19. The van der Waals surface area contributed by atoms with Gasteiger partial charge in [0.05, 0.1) is 0 Å². The first-order chi connectivity index (χ1) is 4.61. The van der Waals surface area contributed by atoms with Gasteiger partial charge in [-0.1, -0.05) is 28.5 Å². The molecule has 0 unspecified atom stereocenters. The van der Waals surface area contributed by atoms with Crippen molar-refractivity contribution in [1.82, 2.24) is 0 Å². The van der Waals surface area contributed by atoms with Crippen molar-refractivity contribution < 1.29 is 0 Å². The lowest BCUT2D eigenvalue weighted by Gasteiger charge is -2.05. The van der Waals surface area contributed by atoms with Crippen molar-refractivity contribution in [2.24, 2.45) is 0 Å². The summed E-state index contributed by atoms with van der Waals surface area (Å²) in [6.45, 7) is 0. The van der Waals surface area contributed by atoms with Gasteiger partial charge < -0.3 is 5.73 Å². The molecule has 0 aliphatic carbocycles. The second-order valence-corrected chi connectivity index (χ2v) is 2.81. The molecule has 48 valence electrons. The minimum atomic E-state index is 0.922. The molecule has 0 bridgehead atoms. The van der Waals surface area contributed by atoms with Crippen LogP contribution >= 0.6 is 0 Å². The van der Waals surface area contributed by atoms with Crippen LogP contribution in [-0.4, -0.2) is 23.5 Å². The van der Waals surface area contributed by atoms with Gasteiger partial charge in [0.15, 0.2) is 0 Å². The molecule has 0 saturated heterocycles. The van der Waals surface area contributed by atoms with Crippen LogP contribution in [0.3, 0.4) is 0 Å². The zero-order valence-electron chi connectivity index (χ0n) is 6.73. The van der Waals surface area contributed by atoms with E-state index < -0.39 is 0 Å². The molecule has 1 nitrogen and oxygen atoms in total. The van der Waals surface area contributed by atoms with E-state index in [2.05, 4.69) is 20.0 Å². The molecular weight excluding hydrogens is 119 g/mol. The van der Waals surface area contributed by atoms with Crippen LogP contribution in [0.1, 0.15) is 0 Å². The van der Waals surface area contributed by atoms with Crippen molar-refractivity contribution in [2.45, 2.75) is 0 Å². The van der Waals surface area contributed by atoms with Crippen LogP contribution in [0, 0.1) is 0 Å². The van der Waals surface area contributed by atoms with Gasteiger partial charge in [-0.05, 0) is 0 Å². The van der Waals surface area contributed by atoms with Crippen molar-refractivity contribution in [3.63, 3.8) is 0 Å².